The zero-order valence-electron chi connectivity index (χ0n) is 12.8. The molecule has 0 heterocycles. The Hall–Kier alpha value is -2.18. The summed E-state index contributed by atoms with van der Waals surface area (Å²) in [6, 6.07) is 17.1. The molecule has 0 fully saturated rings. The number of carbonyl (C=O) groups is 1. The summed E-state index contributed by atoms with van der Waals surface area (Å²) in [4.78, 5) is 11.2. The van der Waals surface area contributed by atoms with Crippen LogP contribution in [0.1, 0.15) is 17.9 Å². The normalized spacial score (nSPS) is 13.0. The zero-order chi connectivity index (χ0) is 16.9. The van der Waals surface area contributed by atoms with Gasteiger partial charge < -0.3 is 9.90 Å². The van der Waals surface area contributed by atoms with Gasteiger partial charge in [0.2, 0.25) is 10.0 Å². The van der Waals surface area contributed by atoms with Crippen LogP contribution < -0.4 is 5.11 Å². The van der Waals surface area contributed by atoms with Crippen molar-refractivity contribution in [1.29, 1.82) is 0 Å². The van der Waals surface area contributed by atoms with Gasteiger partial charge in [0.1, 0.15) is 0 Å². The van der Waals surface area contributed by atoms with Gasteiger partial charge in [0.05, 0.1) is 4.90 Å². The van der Waals surface area contributed by atoms with E-state index in [-0.39, 0.29) is 17.9 Å². The van der Waals surface area contributed by atoms with Crippen molar-refractivity contribution in [2.75, 3.05) is 13.6 Å². The van der Waals surface area contributed by atoms with Crippen LogP contribution in [0, 0.1) is 0 Å². The molecule has 2 aromatic rings. The highest BCUT2D eigenvalue weighted by Gasteiger charge is 2.24. The molecule has 1 unspecified atom stereocenters. The number of carbonyl (C=O) groups excluding carboxylic acids is 1. The maximum absolute atomic E-state index is 12.5. The van der Waals surface area contributed by atoms with Gasteiger partial charge in [-0.1, -0.05) is 48.5 Å². The predicted octanol–water partition coefficient (Wildman–Crippen LogP) is 1.23. The van der Waals surface area contributed by atoms with E-state index < -0.39 is 21.9 Å². The molecule has 1 atom stereocenters. The van der Waals surface area contributed by atoms with Gasteiger partial charge in [-0.25, -0.2) is 12.7 Å². The monoisotopic (exact) mass is 332 g/mol. The molecule has 6 heteroatoms. The molecule has 0 bridgehead atoms. The summed E-state index contributed by atoms with van der Waals surface area (Å²) < 4.78 is 26.3. The van der Waals surface area contributed by atoms with Crippen molar-refractivity contribution in [2.45, 2.75) is 17.2 Å². The number of likely N-dealkylation sites (N-methyl/N-ethyl adjacent to an activating group) is 1. The van der Waals surface area contributed by atoms with Crippen molar-refractivity contribution in [3.05, 3.63) is 66.2 Å². The SMILES string of the molecule is CN(CC(CC(=O)[O-])c1ccccc1)S(=O)(=O)c1ccccc1. The third-order valence-electron chi connectivity index (χ3n) is 3.61. The average molecular weight is 332 g/mol. The van der Waals surface area contributed by atoms with Gasteiger partial charge in [-0.05, 0) is 24.1 Å². The Morgan fingerprint density at radius 3 is 2.09 bits per heavy atom. The number of rotatable bonds is 7. The zero-order valence-corrected chi connectivity index (χ0v) is 13.6. The summed E-state index contributed by atoms with van der Waals surface area (Å²) >= 11 is 0. The molecule has 0 aliphatic heterocycles. The van der Waals surface area contributed by atoms with Gasteiger partial charge in [-0.15, -0.1) is 0 Å². The summed E-state index contributed by atoms with van der Waals surface area (Å²) in [6.07, 6.45) is -0.237. The van der Waals surface area contributed by atoms with Crippen molar-refractivity contribution in [2.24, 2.45) is 0 Å². The third kappa shape index (κ3) is 4.40. The fourth-order valence-electron chi connectivity index (χ4n) is 2.40. The second-order valence-corrected chi connectivity index (χ2v) is 7.33. The second-order valence-electron chi connectivity index (χ2n) is 5.28. The standard InChI is InChI=1S/C17H19NO4S/c1-18(23(21,22)16-10-6-3-7-11-16)13-15(12-17(19)20)14-8-4-2-5-9-14/h2-11,15H,12-13H2,1H3,(H,19,20)/p-1. The van der Waals surface area contributed by atoms with Gasteiger partial charge in [0.15, 0.2) is 0 Å². The lowest BCUT2D eigenvalue weighted by Gasteiger charge is -2.24. The van der Waals surface area contributed by atoms with Crippen LogP contribution in [0.5, 0.6) is 0 Å². The molecular weight excluding hydrogens is 314 g/mol. The number of hydrogen-bond donors (Lipinski definition) is 0. The van der Waals surface area contributed by atoms with Crippen LogP contribution in [0.3, 0.4) is 0 Å². The molecular formula is C17H18NO4S-. The Bertz CT molecular complexity index is 745. The van der Waals surface area contributed by atoms with Crippen LogP contribution in [0.25, 0.3) is 0 Å². The predicted molar refractivity (Wildman–Crippen MR) is 85.1 cm³/mol. The highest BCUT2D eigenvalue weighted by atomic mass is 32.2. The minimum absolute atomic E-state index is 0.0647. The smallest absolute Gasteiger partial charge is 0.242 e. The van der Waals surface area contributed by atoms with E-state index >= 15 is 0 Å². The lowest BCUT2D eigenvalue weighted by Crippen LogP contribution is -2.34. The topological polar surface area (TPSA) is 77.5 Å². The van der Waals surface area contributed by atoms with E-state index in [1.165, 1.54) is 23.5 Å². The Morgan fingerprint density at radius 1 is 1.04 bits per heavy atom. The van der Waals surface area contributed by atoms with E-state index in [2.05, 4.69) is 0 Å². The summed E-state index contributed by atoms with van der Waals surface area (Å²) in [7, 11) is -2.21. The van der Waals surface area contributed by atoms with E-state index in [0.29, 0.717) is 0 Å². The lowest BCUT2D eigenvalue weighted by atomic mass is 9.96. The van der Waals surface area contributed by atoms with Crippen molar-refractivity contribution < 1.29 is 18.3 Å². The maximum atomic E-state index is 12.5. The van der Waals surface area contributed by atoms with E-state index in [1.54, 1.807) is 42.5 Å². The lowest BCUT2D eigenvalue weighted by molar-refractivity contribution is -0.306. The van der Waals surface area contributed by atoms with Crippen molar-refractivity contribution in [1.82, 2.24) is 4.31 Å². The highest BCUT2D eigenvalue weighted by Crippen LogP contribution is 2.23. The first-order chi connectivity index (χ1) is 10.9. The summed E-state index contributed by atoms with van der Waals surface area (Å²) in [5.41, 5.74) is 0.770. The Morgan fingerprint density at radius 2 is 1.57 bits per heavy atom. The minimum Gasteiger partial charge on any atom is -0.550 e. The average Bonchev–Trinajstić information content (AvgIpc) is 2.55. The molecule has 0 aliphatic carbocycles. The van der Waals surface area contributed by atoms with Crippen LogP contribution in [0.4, 0.5) is 0 Å². The number of carboxylic acid groups (broad SMARTS) is 1. The minimum atomic E-state index is -3.66. The molecule has 0 saturated heterocycles. The molecule has 0 spiro atoms. The number of sulfonamides is 1. The van der Waals surface area contributed by atoms with Crippen molar-refractivity contribution in [3.63, 3.8) is 0 Å². The van der Waals surface area contributed by atoms with E-state index in [4.69, 9.17) is 0 Å². The Labute approximate surface area is 136 Å². The largest absolute Gasteiger partial charge is 0.550 e. The van der Waals surface area contributed by atoms with Crippen LogP contribution >= 0.6 is 0 Å². The molecule has 2 aromatic carbocycles. The molecule has 0 aliphatic rings. The molecule has 0 saturated carbocycles. The first-order valence-corrected chi connectivity index (χ1v) is 8.61. The number of carboxylic acids is 1. The summed E-state index contributed by atoms with van der Waals surface area (Å²) in [6.45, 7) is 0.0647. The van der Waals surface area contributed by atoms with Gasteiger partial charge in [-0.3, -0.25) is 0 Å². The molecule has 0 radical (unpaired) electrons. The summed E-state index contributed by atoms with van der Waals surface area (Å²) in [5, 5.41) is 11.0. The number of nitrogens with zero attached hydrogens (tertiary/aromatic N) is 1. The number of benzene rings is 2. The molecule has 5 nitrogen and oxygen atoms in total. The van der Waals surface area contributed by atoms with Gasteiger partial charge in [-0.2, -0.15) is 0 Å². The van der Waals surface area contributed by atoms with Crippen molar-refractivity contribution in [3.8, 4) is 0 Å². The molecule has 122 valence electrons. The van der Waals surface area contributed by atoms with Gasteiger partial charge in [0.25, 0.3) is 0 Å². The van der Waals surface area contributed by atoms with E-state index in [1.807, 2.05) is 6.07 Å². The quantitative estimate of drug-likeness (QED) is 0.764. The van der Waals surface area contributed by atoms with Crippen LogP contribution in [-0.2, 0) is 14.8 Å². The van der Waals surface area contributed by atoms with E-state index in [9.17, 15) is 18.3 Å². The number of aliphatic carboxylic acids is 1. The van der Waals surface area contributed by atoms with Crippen molar-refractivity contribution >= 4 is 16.0 Å². The van der Waals surface area contributed by atoms with Crippen LogP contribution in [-0.4, -0.2) is 32.3 Å². The third-order valence-corrected chi connectivity index (χ3v) is 5.45. The Balaban J connectivity index is 2.24. The first-order valence-electron chi connectivity index (χ1n) is 7.17. The van der Waals surface area contributed by atoms with Crippen LogP contribution in [0.15, 0.2) is 65.6 Å². The van der Waals surface area contributed by atoms with E-state index in [0.717, 1.165) is 5.56 Å². The maximum Gasteiger partial charge on any atom is 0.242 e. The van der Waals surface area contributed by atoms with Gasteiger partial charge in [0, 0.05) is 25.5 Å². The highest BCUT2D eigenvalue weighted by molar-refractivity contribution is 7.89. The molecule has 0 N–H and O–H groups in total. The molecule has 0 amide bonds. The fraction of sp³-hybridized carbons (Fsp3) is 0.235. The fourth-order valence-corrected chi connectivity index (χ4v) is 3.63. The summed E-state index contributed by atoms with van der Waals surface area (Å²) in [5.74, 6) is -1.67. The second kappa shape index (κ2) is 7.39. The molecule has 2 rings (SSSR count). The Kier molecular flexibility index (Phi) is 5.52. The molecule has 23 heavy (non-hydrogen) atoms. The first kappa shape index (κ1) is 17.2. The van der Waals surface area contributed by atoms with Crippen LogP contribution in [0.2, 0.25) is 0 Å². The number of hydrogen-bond acceptors (Lipinski definition) is 4. The van der Waals surface area contributed by atoms with Gasteiger partial charge >= 0.3 is 0 Å². The molecule has 0 aromatic heterocycles.